The van der Waals surface area contributed by atoms with Crippen molar-refractivity contribution in [1.82, 2.24) is 18.7 Å². The Morgan fingerprint density at radius 3 is 2.43 bits per heavy atom. The van der Waals surface area contributed by atoms with Gasteiger partial charge in [0, 0.05) is 68.2 Å². The summed E-state index contributed by atoms with van der Waals surface area (Å²) in [6, 6.07) is 17.2. The van der Waals surface area contributed by atoms with E-state index in [2.05, 4.69) is 74.0 Å². The summed E-state index contributed by atoms with van der Waals surface area (Å²) in [7, 11) is 0. The van der Waals surface area contributed by atoms with Crippen LogP contribution in [0.15, 0.2) is 54.7 Å². The van der Waals surface area contributed by atoms with E-state index in [-0.39, 0.29) is 0 Å². The lowest BCUT2D eigenvalue weighted by Gasteiger charge is -2.35. The van der Waals surface area contributed by atoms with E-state index in [1.54, 1.807) is 11.5 Å². The number of aryl methyl sites for hydroxylation is 1. The summed E-state index contributed by atoms with van der Waals surface area (Å²) in [4.78, 5) is 19.8. The zero-order valence-corrected chi connectivity index (χ0v) is 21.1. The van der Waals surface area contributed by atoms with Crippen LogP contribution in [-0.4, -0.2) is 63.9 Å². The van der Waals surface area contributed by atoms with Crippen molar-refractivity contribution in [3.05, 3.63) is 60.3 Å². The predicted octanol–water partition coefficient (Wildman–Crippen LogP) is 4.98. The predicted molar refractivity (Wildman–Crippen MR) is 144 cm³/mol. The fourth-order valence-corrected chi connectivity index (χ4v) is 6.40. The number of carbonyl (C=O) groups excluding carboxylic acids is 1. The molecule has 2 aromatic heterocycles. The molecule has 0 aliphatic carbocycles. The molecule has 1 amide bonds. The van der Waals surface area contributed by atoms with E-state index in [4.69, 9.17) is 4.37 Å². The molecule has 2 aliphatic rings. The van der Waals surface area contributed by atoms with Gasteiger partial charge in [0.15, 0.2) is 0 Å². The molecule has 0 radical (unpaired) electrons. The lowest BCUT2D eigenvalue weighted by molar-refractivity contribution is -0.132. The average Bonchev–Trinajstić information content (AvgIpc) is 3.50. The number of benzene rings is 2. The number of aromatic nitrogens is 2. The first-order valence-electron chi connectivity index (χ1n) is 12.9. The number of fused-ring (bicyclic) bond motifs is 2. The van der Waals surface area contributed by atoms with E-state index in [0.29, 0.717) is 12.3 Å². The average molecular weight is 488 g/mol. The van der Waals surface area contributed by atoms with Crippen molar-refractivity contribution >= 4 is 44.2 Å². The number of amides is 1. The van der Waals surface area contributed by atoms with E-state index < -0.39 is 0 Å². The second-order valence-corrected chi connectivity index (χ2v) is 10.6. The molecule has 0 bridgehead atoms. The zero-order valence-electron chi connectivity index (χ0n) is 20.2. The third kappa shape index (κ3) is 4.67. The van der Waals surface area contributed by atoms with Gasteiger partial charge in [0.1, 0.15) is 5.82 Å². The van der Waals surface area contributed by atoms with Gasteiger partial charge in [0.05, 0.1) is 11.4 Å². The molecule has 6 rings (SSSR count). The Kier molecular flexibility index (Phi) is 6.44. The summed E-state index contributed by atoms with van der Waals surface area (Å²) < 4.78 is 8.39. The van der Waals surface area contributed by atoms with Gasteiger partial charge in [-0.15, -0.1) is 0 Å². The van der Waals surface area contributed by atoms with Gasteiger partial charge in [-0.25, -0.2) is 0 Å². The van der Waals surface area contributed by atoms with Crippen molar-refractivity contribution in [2.75, 3.05) is 44.2 Å². The fourth-order valence-electron chi connectivity index (χ4n) is 5.60. The molecule has 0 unspecified atom stereocenters. The molecule has 0 atom stereocenters. The maximum Gasteiger partial charge on any atom is 0.222 e. The minimum atomic E-state index is 0.312. The highest BCUT2D eigenvalue weighted by Gasteiger charge is 2.22. The van der Waals surface area contributed by atoms with E-state index in [1.165, 1.54) is 33.0 Å². The minimum absolute atomic E-state index is 0.312. The Morgan fingerprint density at radius 1 is 0.857 bits per heavy atom. The standard InChI is InChI=1S/C28H33N5OS/c34-27(31-14-6-1-7-15-31)13-12-22-20-33(25-10-4-2-8-23(22)25)21-30-16-18-32(19-17-30)28-24-9-3-5-11-26(24)35-29-28/h2-5,8-11,20H,1,6-7,12-19,21H2. The van der Waals surface area contributed by atoms with Gasteiger partial charge in [0.25, 0.3) is 0 Å². The van der Waals surface area contributed by atoms with Crippen LogP contribution < -0.4 is 4.90 Å². The first-order valence-corrected chi connectivity index (χ1v) is 13.7. The molecular weight excluding hydrogens is 454 g/mol. The summed E-state index contributed by atoms with van der Waals surface area (Å²) in [5.41, 5.74) is 2.55. The number of carbonyl (C=O) groups is 1. The van der Waals surface area contributed by atoms with Crippen molar-refractivity contribution in [2.45, 2.75) is 38.8 Å². The van der Waals surface area contributed by atoms with Crippen molar-refractivity contribution in [2.24, 2.45) is 0 Å². The van der Waals surface area contributed by atoms with Crippen LogP contribution in [0.1, 0.15) is 31.2 Å². The number of anilines is 1. The number of rotatable bonds is 6. The van der Waals surface area contributed by atoms with Crippen molar-refractivity contribution in [1.29, 1.82) is 0 Å². The number of likely N-dealkylation sites (tertiary alicyclic amines) is 1. The van der Waals surface area contributed by atoms with Gasteiger partial charge in [-0.05, 0) is 61.0 Å². The summed E-state index contributed by atoms with van der Waals surface area (Å²) in [5, 5.41) is 2.55. The number of piperidine rings is 1. The van der Waals surface area contributed by atoms with E-state index in [0.717, 1.165) is 71.0 Å². The third-order valence-electron chi connectivity index (χ3n) is 7.57. The van der Waals surface area contributed by atoms with Crippen molar-refractivity contribution in [3.8, 4) is 0 Å². The van der Waals surface area contributed by atoms with Gasteiger partial charge in [0.2, 0.25) is 5.91 Å². The van der Waals surface area contributed by atoms with Gasteiger partial charge in [-0.3, -0.25) is 9.69 Å². The summed E-state index contributed by atoms with van der Waals surface area (Å²) in [6.07, 6.45) is 7.26. The fraction of sp³-hybridized carbons (Fsp3) is 0.429. The van der Waals surface area contributed by atoms with Gasteiger partial charge in [-0.1, -0.05) is 30.3 Å². The number of para-hydroxylation sites is 1. The Balaban J connectivity index is 1.12. The van der Waals surface area contributed by atoms with Crippen LogP contribution in [0.3, 0.4) is 0 Å². The molecule has 2 aliphatic heterocycles. The van der Waals surface area contributed by atoms with E-state index in [1.807, 2.05) is 0 Å². The lowest BCUT2D eigenvalue weighted by Crippen LogP contribution is -2.46. The smallest absolute Gasteiger partial charge is 0.222 e. The van der Waals surface area contributed by atoms with Crippen LogP contribution in [0, 0.1) is 0 Å². The first-order chi connectivity index (χ1) is 17.3. The maximum absolute atomic E-state index is 12.7. The van der Waals surface area contributed by atoms with Crippen LogP contribution >= 0.6 is 11.5 Å². The maximum atomic E-state index is 12.7. The SMILES string of the molecule is O=C(CCc1cn(CN2CCN(c3nsc4ccccc34)CC2)c2ccccc12)N1CCCCC1. The number of piperazine rings is 1. The molecule has 0 spiro atoms. The van der Waals surface area contributed by atoms with Gasteiger partial charge in [-0.2, -0.15) is 4.37 Å². The summed E-state index contributed by atoms with van der Waals surface area (Å²) in [6.45, 7) is 6.76. The quantitative estimate of drug-likeness (QED) is 0.385. The lowest BCUT2D eigenvalue weighted by atomic mass is 10.1. The number of hydrogen-bond donors (Lipinski definition) is 0. The molecule has 35 heavy (non-hydrogen) atoms. The minimum Gasteiger partial charge on any atom is -0.353 e. The van der Waals surface area contributed by atoms with Crippen LogP contribution in [0.4, 0.5) is 5.82 Å². The van der Waals surface area contributed by atoms with E-state index in [9.17, 15) is 4.79 Å². The Morgan fingerprint density at radius 2 is 1.60 bits per heavy atom. The topological polar surface area (TPSA) is 44.6 Å². The highest BCUT2D eigenvalue weighted by molar-refractivity contribution is 7.13. The number of hydrogen-bond acceptors (Lipinski definition) is 5. The normalized spacial score (nSPS) is 17.5. The molecule has 4 aromatic rings. The molecule has 2 saturated heterocycles. The van der Waals surface area contributed by atoms with Crippen LogP contribution in [0.2, 0.25) is 0 Å². The van der Waals surface area contributed by atoms with E-state index >= 15 is 0 Å². The second-order valence-electron chi connectivity index (χ2n) is 9.83. The molecule has 4 heterocycles. The molecule has 182 valence electrons. The molecule has 0 saturated carbocycles. The van der Waals surface area contributed by atoms with Gasteiger partial charge < -0.3 is 14.4 Å². The second kappa shape index (κ2) is 9.99. The van der Waals surface area contributed by atoms with Gasteiger partial charge >= 0.3 is 0 Å². The largest absolute Gasteiger partial charge is 0.353 e. The Bertz CT molecular complexity index is 1310. The first kappa shape index (κ1) is 22.6. The van der Waals surface area contributed by atoms with Crippen LogP contribution in [-0.2, 0) is 17.9 Å². The highest BCUT2D eigenvalue weighted by Crippen LogP contribution is 2.30. The monoisotopic (exact) mass is 487 g/mol. The molecule has 6 nitrogen and oxygen atoms in total. The Hall–Kier alpha value is -2.90. The summed E-state index contributed by atoms with van der Waals surface area (Å²) in [5.74, 6) is 1.45. The molecule has 7 heteroatoms. The van der Waals surface area contributed by atoms with Crippen molar-refractivity contribution in [3.63, 3.8) is 0 Å². The van der Waals surface area contributed by atoms with Crippen LogP contribution in [0.25, 0.3) is 21.0 Å². The third-order valence-corrected chi connectivity index (χ3v) is 8.39. The van der Waals surface area contributed by atoms with Crippen LogP contribution in [0.5, 0.6) is 0 Å². The molecule has 2 fully saturated rings. The molecule has 2 aromatic carbocycles. The molecular formula is C28H33N5OS. The van der Waals surface area contributed by atoms with Crippen molar-refractivity contribution < 1.29 is 4.79 Å². The Labute approximate surface area is 210 Å². The number of nitrogens with zero attached hydrogens (tertiary/aromatic N) is 5. The molecule has 0 N–H and O–H groups in total. The summed E-state index contributed by atoms with van der Waals surface area (Å²) >= 11 is 1.59. The zero-order chi connectivity index (χ0) is 23.6. The highest BCUT2D eigenvalue weighted by atomic mass is 32.1.